The van der Waals surface area contributed by atoms with Crippen molar-refractivity contribution in [2.45, 2.75) is 11.4 Å². The number of guanidine groups is 1. The summed E-state index contributed by atoms with van der Waals surface area (Å²) in [6.07, 6.45) is 1.58. The Kier molecular flexibility index (Phi) is 9.61. The van der Waals surface area contributed by atoms with Crippen LogP contribution in [0.1, 0.15) is 5.69 Å². The predicted octanol–water partition coefficient (Wildman–Crippen LogP) is 3.30. The number of nitrogens with zero attached hydrogens (tertiary/aromatic N) is 2. The van der Waals surface area contributed by atoms with Crippen LogP contribution < -0.4 is 10.6 Å². The summed E-state index contributed by atoms with van der Waals surface area (Å²) in [7, 11) is 1.69. The van der Waals surface area contributed by atoms with Gasteiger partial charge in [-0.3, -0.25) is 9.98 Å². The monoisotopic (exact) mass is 446 g/mol. The molecule has 0 spiro atoms. The molecule has 2 N–H and O–H groups in total. The number of hydrogen-bond acceptors (Lipinski definition) is 3. The molecule has 0 aliphatic heterocycles. The number of pyridine rings is 1. The quantitative estimate of drug-likeness (QED) is 0.235. The van der Waals surface area contributed by atoms with Gasteiger partial charge in [-0.05, 0) is 24.3 Å². The van der Waals surface area contributed by atoms with Crippen LogP contribution in [0.25, 0.3) is 0 Å². The number of aromatic nitrogens is 1. The third-order valence-corrected chi connectivity index (χ3v) is 3.90. The van der Waals surface area contributed by atoms with Crippen LogP contribution in [0, 0.1) is 5.82 Å². The molecular formula is C16H20FIN4S. The van der Waals surface area contributed by atoms with E-state index in [0.29, 0.717) is 18.2 Å². The summed E-state index contributed by atoms with van der Waals surface area (Å²) in [5.74, 6) is 1.24. The smallest absolute Gasteiger partial charge is 0.191 e. The van der Waals surface area contributed by atoms with Crippen LogP contribution in [0.4, 0.5) is 4.39 Å². The zero-order valence-corrected chi connectivity index (χ0v) is 16.0. The van der Waals surface area contributed by atoms with Crippen molar-refractivity contribution in [3.63, 3.8) is 0 Å². The molecule has 0 aliphatic rings. The minimum atomic E-state index is -0.315. The number of rotatable bonds is 6. The van der Waals surface area contributed by atoms with E-state index in [0.717, 1.165) is 12.3 Å². The van der Waals surface area contributed by atoms with Crippen molar-refractivity contribution in [2.24, 2.45) is 4.99 Å². The van der Waals surface area contributed by atoms with Gasteiger partial charge >= 0.3 is 0 Å². The van der Waals surface area contributed by atoms with E-state index in [9.17, 15) is 4.39 Å². The maximum Gasteiger partial charge on any atom is 0.191 e. The first-order valence-electron chi connectivity index (χ1n) is 7.01. The van der Waals surface area contributed by atoms with Gasteiger partial charge in [0.15, 0.2) is 5.96 Å². The standard InChI is InChI=1S/C16H19FN4S.HI/c1-18-16(21-12-15-14(17)8-5-9-19-15)20-10-11-22-13-6-3-2-4-7-13;/h2-9H,10-12H2,1H3,(H2,18,20,21);1H. The lowest BCUT2D eigenvalue weighted by atomic mass is 10.3. The predicted molar refractivity (Wildman–Crippen MR) is 105 cm³/mol. The van der Waals surface area contributed by atoms with Crippen molar-refractivity contribution in [3.8, 4) is 0 Å². The van der Waals surface area contributed by atoms with Crippen molar-refractivity contribution in [1.82, 2.24) is 15.6 Å². The van der Waals surface area contributed by atoms with Crippen LogP contribution in [0.5, 0.6) is 0 Å². The van der Waals surface area contributed by atoms with Gasteiger partial charge in [0.25, 0.3) is 0 Å². The number of halogens is 2. The van der Waals surface area contributed by atoms with Crippen molar-refractivity contribution >= 4 is 41.7 Å². The van der Waals surface area contributed by atoms with Gasteiger partial charge in [0.05, 0.1) is 12.2 Å². The van der Waals surface area contributed by atoms with Gasteiger partial charge in [0.1, 0.15) is 5.82 Å². The summed E-state index contributed by atoms with van der Waals surface area (Å²) >= 11 is 1.77. The summed E-state index contributed by atoms with van der Waals surface area (Å²) in [5, 5.41) is 6.25. The van der Waals surface area contributed by atoms with Crippen LogP contribution in [0.2, 0.25) is 0 Å². The zero-order valence-electron chi connectivity index (χ0n) is 12.8. The lowest BCUT2D eigenvalue weighted by Crippen LogP contribution is -2.38. The lowest BCUT2D eigenvalue weighted by Gasteiger charge is -2.11. The Morgan fingerprint density at radius 1 is 1.17 bits per heavy atom. The minimum Gasteiger partial charge on any atom is -0.356 e. The molecule has 0 aliphatic carbocycles. The highest BCUT2D eigenvalue weighted by molar-refractivity contribution is 14.0. The van der Waals surface area contributed by atoms with Gasteiger partial charge in [-0.1, -0.05) is 18.2 Å². The Balaban J connectivity index is 0.00000264. The van der Waals surface area contributed by atoms with E-state index in [-0.39, 0.29) is 29.8 Å². The van der Waals surface area contributed by atoms with Gasteiger partial charge in [-0.25, -0.2) is 4.39 Å². The first-order valence-corrected chi connectivity index (χ1v) is 8.00. The van der Waals surface area contributed by atoms with Crippen LogP contribution in [-0.2, 0) is 6.54 Å². The summed E-state index contributed by atoms with van der Waals surface area (Å²) in [6.45, 7) is 1.07. The maximum absolute atomic E-state index is 13.5. The molecule has 7 heteroatoms. The van der Waals surface area contributed by atoms with Crippen LogP contribution >= 0.6 is 35.7 Å². The number of benzene rings is 1. The second-order valence-corrected chi connectivity index (χ2v) is 5.61. The van der Waals surface area contributed by atoms with Crippen molar-refractivity contribution in [1.29, 1.82) is 0 Å². The molecule has 1 aromatic carbocycles. The van der Waals surface area contributed by atoms with Crippen LogP contribution in [0.15, 0.2) is 58.5 Å². The molecule has 2 aromatic rings. The molecule has 0 unspecified atom stereocenters. The molecule has 0 bridgehead atoms. The molecule has 23 heavy (non-hydrogen) atoms. The highest BCUT2D eigenvalue weighted by Crippen LogP contribution is 2.15. The fraction of sp³-hybridized carbons (Fsp3) is 0.250. The molecule has 124 valence electrons. The minimum absolute atomic E-state index is 0. The molecule has 0 saturated carbocycles. The lowest BCUT2D eigenvalue weighted by molar-refractivity contribution is 0.593. The fourth-order valence-electron chi connectivity index (χ4n) is 1.79. The Labute approximate surface area is 157 Å². The Hall–Kier alpha value is -1.35. The van der Waals surface area contributed by atoms with Crippen LogP contribution in [0.3, 0.4) is 0 Å². The molecule has 1 aromatic heterocycles. The topological polar surface area (TPSA) is 49.3 Å². The molecule has 2 rings (SSSR count). The van der Waals surface area contributed by atoms with E-state index in [1.807, 2.05) is 18.2 Å². The summed E-state index contributed by atoms with van der Waals surface area (Å²) in [4.78, 5) is 9.35. The van der Waals surface area contributed by atoms with E-state index in [2.05, 4.69) is 32.7 Å². The number of thioether (sulfide) groups is 1. The zero-order chi connectivity index (χ0) is 15.6. The third-order valence-electron chi connectivity index (χ3n) is 2.89. The molecule has 0 atom stereocenters. The average Bonchev–Trinajstić information content (AvgIpc) is 2.56. The molecular weight excluding hydrogens is 426 g/mol. The maximum atomic E-state index is 13.5. The van der Waals surface area contributed by atoms with Gasteiger partial charge in [-0.2, -0.15) is 0 Å². The van der Waals surface area contributed by atoms with E-state index in [1.54, 1.807) is 31.1 Å². The van der Waals surface area contributed by atoms with Crippen LogP contribution in [-0.4, -0.2) is 30.3 Å². The molecule has 1 heterocycles. The molecule has 0 radical (unpaired) electrons. The van der Waals surface area contributed by atoms with Gasteiger partial charge in [-0.15, -0.1) is 35.7 Å². The number of nitrogens with one attached hydrogen (secondary N) is 2. The Morgan fingerprint density at radius 2 is 1.96 bits per heavy atom. The summed E-state index contributed by atoms with van der Waals surface area (Å²) in [5.41, 5.74) is 0.379. The first kappa shape index (κ1) is 19.7. The summed E-state index contributed by atoms with van der Waals surface area (Å²) < 4.78 is 13.5. The molecule has 4 nitrogen and oxygen atoms in total. The number of hydrogen-bond donors (Lipinski definition) is 2. The van der Waals surface area contributed by atoms with Gasteiger partial charge in [0.2, 0.25) is 0 Å². The van der Waals surface area contributed by atoms with Crippen molar-refractivity contribution in [3.05, 3.63) is 60.2 Å². The third kappa shape index (κ3) is 7.17. The average molecular weight is 446 g/mol. The second-order valence-electron chi connectivity index (χ2n) is 4.45. The molecule has 0 fully saturated rings. The fourth-order valence-corrected chi connectivity index (χ4v) is 2.58. The van der Waals surface area contributed by atoms with E-state index < -0.39 is 0 Å². The first-order chi connectivity index (χ1) is 10.8. The number of aliphatic imine (C=N–C) groups is 1. The van der Waals surface area contributed by atoms with Crippen molar-refractivity contribution in [2.75, 3.05) is 19.3 Å². The van der Waals surface area contributed by atoms with Gasteiger partial charge < -0.3 is 10.6 Å². The molecule has 0 saturated heterocycles. The summed E-state index contributed by atoms with van der Waals surface area (Å²) in [6, 6.07) is 13.2. The Bertz CT molecular complexity index is 610. The molecule has 0 amide bonds. The second kappa shape index (κ2) is 11.2. The van der Waals surface area contributed by atoms with Gasteiger partial charge in [0, 0.05) is 30.4 Å². The normalized spacial score (nSPS) is 10.8. The van der Waals surface area contributed by atoms with Crippen molar-refractivity contribution < 1.29 is 4.39 Å². The van der Waals surface area contributed by atoms with E-state index in [1.165, 1.54) is 11.0 Å². The van der Waals surface area contributed by atoms with E-state index >= 15 is 0 Å². The highest BCUT2D eigenvalue weighted by atomic mass is 127. The largest absolute Gasteiger partial charge is 0.356 e. The Morgan fingerprint density at radius 3 is 2.65 bits per heavy atom. The SMILES string of the molecule is CN=C(NCCSc1ccccc1)NCc1ncccc1F.I. The van der Waals surface area contributed by atoms with E-state index in [4.69, 9.17) is 0 Å². The highest BCUT2D eigenvalue weighted by Gasteiger charge is 2.03.